The van der Waals surface area contributed by atoms with Gasteiger partial charge in [-0.15, -0.1) is 0 Å². The lowest BCUT2D eigenvalue weighted by atomic mass is 9.82. The van der Waals surface area contributed by atoms with Crippen molar-refractivity contribution in [2.75, 3.05) is 5.32 Å². The first-order valence-electron chi connectivity index (χ1n) is 6.64. The minimum atomic E-state index is -0.908. The molecule has 4 nitrogen and oxygen atoms in total. The number of hydrogen-bond acceptors (Lipinski definition) is 2. The molecule has 3 rings (SSSR count). The maximum atomic E-state index is 12.5. The molecular weight excluding hydrogens is 358 g/mol. The van der Waals surface area contributed by atoms with Crippen molar-refractivity contribution in [1.29, 1.82) is 0 Å². The van der Waals surface area contributed by atoms with Crippen LogP contribution in [0.25, 0.3) is 0 Å². The summed E-state index contributed by atoms with van der Waals surface area (Å²) in [7, 11) is 0. The molecule has 110 valence electrons. The smallest absolute Gasteiger partial charge is 0.307 e. The van der Waals surface area contributed by atoms with Crippen LogP contribution in [0.5, 0.6) is 0 Å². The van der Waals surface area contributed by atoms with E-state index in [2.05, 4.69) is 21.2 Å². The fourth-order valence-corrected chi connectivity index (χ4v) is 4.04. The lowest BCUT2D eigenvalue weighted by Crippen LogP contribution is -2.36. The zero-order chi connectivity index (χ0) is 15.1. The normalized spacial score (nSPS) is 29.6. The summed E-state index contributed by atoms with van der Waals surface area (Å²) in [5.74, 6) is -2.39. The quantitative estimate of drug-likeness (QED) is 0.800. The number of anilines is 1. The van der Waals surface area contributed by atoms with Crippen molar-refractivity contribution in [2.24, 2.45) is 23.7 Å². The minimum absolute atomic E-state index is 0.00493. The van der Waals surface area contributed by atoms with Gasteiger partial charge in [0.1, 0.15) is 0 Å². The third-order valence-electron chi connectivity index (χ3n) is 4.24. The summed E-state index contributed by atoms with van der Waals surface area (Å²) in [5.41, 5.74) is 0.501. The maximum absolute atomic E-state index is 12.5. The Morgan fingerprint density at radius 3 is 2.52 bits per heavy atom. The number of carbonyl (C=O) groups excluding carboxylic acids is 1. The van der Waals surface area contributed by atoms with Crippen LogP contribution in [0, 0.1) is 23.7 Å². The van der Waals surface area contributed by atoms with Gasteiger partial charge < -0.3 is 10.4 Å². The molecule has 0 spiro atoms. The maximum Gasteiger partial charge on any atom is 0.307 e. The third-order valence-corrected chi connectivity index (χ3v) is 5.04. The van der Waals surface area contributed by atoms with Crippen molar-refractivity contribution in [3.05, 3.63) is 39.8 Å². The fourth-order valence-electron chi connectivity index (χ4n) is 3.32. The van der Waals surface area contributed by atoms with Gasteiger partial charge in [0.15, 0.2) is 0 Å². The van der Waals surface area contributed by atoms with E-state index in [4.69, 9.17) is 11.6 Å². The number of rotatable bonds is 3. The van der Waals surface area contributed by atoms with Crippen molar-refractivity contribution in [2.45, 2.75) is 6.42 Å². The molecule has 0 aliphatic heterocycles. The fraction of sp³-hybridized carbons (Fsp3) is 0.333. The lowest BCUT2D eigenvalue weighted by molar-refractivity contribution is -0.146. The molecule has 6 heteroatoms. The summed E-state index contributed by atoms with van der Waals surface area (Å²) in [6.07, 6.45) is 4.61. The van der Waals surface area contributed by atoms with Gasteiger partial charge in [-0.3, -0.25) is 9.59 Å². The second-order valence-corrected chi connectivity index (χ2v) is 6.77. The van der Waals surface area contributed by atoms with Gasteiger partial charge in [-0.2, -0.15) is 0 Å². The Balaban J connectivity index is 1.82. The van der Waals surface area contributed by atoms with E-state index in [1.165, 1.54) is 0 Å². The molecule has 1 saturated carbocycles. The second-order valence-electron chi connectivity index (χ2n) is 5.45. The van der Waals surface area contributed by atoms with Crippen LogP contribution >= 0.6 is 27.5 Å². The first-order chi connectivity index (χ1) is 9.97. The van der Waals surface area contributed by atoms with Crippen molar-refractivity contribution < 1.29 is 14.7 Å². The van der Waals surface area contributed by atoms with Crippen molar-refractivity contribution >= 4 is 45.1 Å². The van der Waals surface area contributed by atoms with Crippen LogP contribution in [0.4, 0.5) is 5.69 Å². The average molecular weight is 371 g/mol. The Morgan fingerprint density at radius 2 is 1.90 bits per heavy atom. The van der Waals surface area contributed by atoms with Gasteiger partial charge in [-0.05, 0) is 36.5 Å². The first-order valence-corrected chi connectivity index (χ1v) is 7.81. The zero-order valence-electron chi connectivity index (χ0n) is 10.9. The topological polar surface area (TPSA) is 66.4 Å². The lowest BCUT2D eigenvalue weighted by Gasteiger charge is -2.24. The molecule has 1 aromatic rings. The number of benzene rings is 1. The number of carboxylic acids is 1. The van der Waals surface area contributed by atoms with E-state index in [0.717, 1.165) is 10.9 Å². The largest absolute Gasteiger partial charge is 0.481 e. The number of allylic oxidation sites excluding steroid dienone is 2. The van der Waals surface area contributed by atoms with E-state index in [-0.39, 0.29) is 17.7 Å². The molecule has 1 aromatic carbocycles. The van der Waals surface area contributed by atoms with Crippen molar-refractivity contribution in [3.8, 4) is 0 Å². The summed E-state index contributed by atoms with van der Waals surface area (Å²) in [4.78, 5) is 23.9. The van der Waals surface area contributed by atoms with E-state index in [1.807, 2.05) is 12.2 Å². The molecule has 0 heterocycles. The Hall–Kier alpha value is -1.33. The number of carbonyl (C=O) groups is 2. The molecule has 2 N–H and O–H groups in total. The SMILES string of the molecule is O=C(O)[C@@H]1C2C=CC(C2)[C@@H]1C(=O)Nc1ccc(Br)cc1Cl. The highest BCUT2D eigenvalue weighted by Crippen LogP contribution is 2.48. The number of aliphatic carboxylic acids is 1. The Morgan fingerprint density at radius 1 is 1.24 bits per heavy atom. The first kappa shape index (κ1) is 14.6. The molecule has 2 aliphatic carbocycles. The predicted molar refractivity (Wildman–Crippen MR) is 83.1 cm³/mol. The molecule has 1 amide bonds. The van der Waals surface area contributed by atoms with Crippen molar-refractivity contribution in [3.63, 3.8) is 0 Å². The molecule has 2 unspecified atom stereocenters. The highest BCUT2D eigenvalue weighted by molar-refractivity contribution is 9.10. The third kappa shape index (κ3) is 2.60. The van der Waals surface area contributed by atoms with Crippen LogP contribution in [-0.2, 0) is 9.59 Å². The van der Waals surface area contributed by atoms with Gasteiger partial charge in [0.2, 0.25) is 5.91 Å². The minimum Gasteiger partial charge on any atom is -0.481 e. The molecule has 4 atom stereocenters. The Kier molecular flexibility index (Phi) is 3.80. The van der Waals surface area contributed by atoms with Crippen molar-refractivity contribution in [1.82, 2.24) is 0 Å². The van der Waals surface area contributed by atoms with E-state index in [1.54, 1.807) is 18.2 Å². The molecule has 0 aromatic heterocycles. The monoisotopic (exact) mass is 369 g/mol. The van der Waals surface area contributed by atoms with E-state index < -0.39 is 17.8 Å². The molecule has 0 saturated heterocycles. The summed E-state index contributed by atoms with van der Waals surface area (Å²) >= 11 is 9.38. The molecule has 21 heavy (non-hydrogen) atoms. The highest BCUT2D eigenvalue weighted by atomic mass is 79.9. The van der Waals surface area contributed by atoms with Gasteiger partial charge in [0.25, 0.3) is 0 Å². The number of amides is 1. The summed E-state index contributed by atoms with van der Waals surface area (Å²) < 4.78 is 0.816. The molecule has 2 aliphatic rings. The van der Waals surface area contributed by atoms with Crippen LogP contribution < -0.4 is 5.32 Å². The van der Waals surface area contributed by atoms with Gasteiger partial charge >= 0.3 is 5.97 Å². The molecule has 1 fully saturated rings. The average Bonchev–Trinajstić information content (AvgIpc) is 3.02. The van der Waals surface area contributed by atoms with Crippen LogP contribution in [0.2, 0.25) is 5.02 Å². The molecule has 2 bridgehead atoms. The van der Waals surface area contributed by atoms with Crippen LogP contribution in [0.15, 0.2) is 34.8 Å². The molecule has 0 radical (unpaired) electrons. The van der Waals surface area contributed by atoms with Gasteiger partial charge in [-0.1, -0.05) is 39.7 Å². The van der Waals surface area contributed by atoms with Crippen LogP contribution in [0.1, 0.15) is 6.42 Å². The summed E-state index contributed by atoms with van der Waals surface area (Å²) in [5, 5.41) is 12.5. The van der Waals surface area contributed by atoms with Crippen LogP contribution in [0.3, 0.4) is 0 Å². The number of hydrogen-bond donors (Lipinski definition) is 2. The number of nitrogens with one attached hydrogen (secondary N) is 1. The van der Waals surface area contributed by atoms with E-state index >= 15 is 0 Å². The van der Waals surface area contributed by atoms with Gasteiger partial charge in [-0.25, -0.2) is 0 Å². The standard InChI is InChI=1S/C15H13BrClNO3/c16-9-3-4-11(10(17)6-9)18-14(19)12-7-1-2-8(5-7)13(12)15(20)21/h1-4,6-8,12-13H,5H2,(H,18,19)(H,20,21)/t7?,8?,12-,13+/m0/s1. The van der Waals surface area contributed by atoms with Gasteiger partial charge in [0, 0.05) is 4.47 Å². The summed E-state index contributed by atoms with van der Waals surface area (Å²) in [6, 6.07) is 5.16. The zero-order valence-corrected chi connectivity index (χ0v) is 13.3. The van der Waals surface area contributed by atoms with E-state index in [0.29, 0.717) is 10.7 Å². The van der Waals surface area contributed by atoms with Gasteiger partial charge in [0.05, 0.1) is 22.5 Å². The summed E-state index contributed by atoms with van der Waals surface area (Å²) in [6.45, 7) is 0. The number of halogens is 2. The number of carboxylic acid groups (broad SMARTS) is 1. The second kappa shape index (κ2) is 5.46. The Labute approximate surface area is 135 Å². The Bertz CT molecular complexity index is 646. The number of fused-ring (bicyclic) bond motifs is 2. The molecular formula is C15H13BrClNO3. The highest BCUT2D eigenvalue weighted by Gasteiger charge is 2.51. The van der Waals surface area contributed by atoms with E-state index in [9.17, 15) is 14.7 Å². The predicted octanol–water partition coefficient (Wildman–Crippen LogP) is 3.56. The van der Waals surface area contributed by atoms with Crippen LogP contribution in [-0.4, -0.2) is 17.0 Å².